The number of benzene rings is 2. The number of hydrogen-bond acceptors (Lipinski definition) is 4. The summed E-state index contributed by atoms with van der Waals surface area (Å²) in [6.07, 6.45) is -0.574. The number of para-hydroxylation sites is 1. The van der Waals surface area contributed by atoms with Crippen LogP contribution >= 0.6 is 12.6 Å². The normalized spacial score (nSPS) is 15.3. The van der Waals surface area contributed by atoms with Crippen molar-refractivity contribution >= 4 is 24.4 Å². The SMILES string of the molecule is CC(Oc1ccccc1C(C)C)C(=O)N1CCN(C(=O)c2ccccc2S)CC1. The summed E-state index contributed by atoms with van der Waals surface area (Å²) >= 11 is 4.38. The third-order valence-electron chi connectivity index (χ3n) is 5.21. The first-order valence-corrected chi connectivity index (χ1v) is 10.4. The molecule has 1 aliphatic rings. The van der Waals surface area contributed by atoms with E-state index < -0.39 is 6.10 Å². The average molecular weight is 413 g/mol. The molecule has 1 aliphatic heterocycles. The molecule has 6 heteroatoms. The van der Waals surface area contributed by atoms with Crippen molar-refractivity contribution in [1.82, 2.24) is 9.80 Å². The van der Waals surface area contributed by atoms with Crippen molar-refractivity contribution in [2.75, 3.05) is 26.2 Å². The molecule has 0 spiro atoms. The van der Waals surface area contributed by atoms with Crippen molar-refractivity contribution in [1.29, 1.82) is 0 Å². The van der Waals surface area contributed by atoms with Gasteiger partial charge in [0.1, 0.15) is 5.75 Å². The molecular formula is C23H28N2O3S. The summed E-state index contributed by atoms with van der Waals surface area (Å²) in [5.74, 6) is 0.975. The summed E-state index contributed by atoms with van der Waals surface area (Å²) in [6, 6.07) is 15.1. The Bertz CT molecular complexity index is 876. The van der Waals surface area contributed by atoms with E-state index in [0.717, 1.165) is 11.3 Å². The molecule has 1 saturated heterocycles. The molecular weight excluding hydrogens is 384 g/mol. The van der Waals surface area contributed by atoms with Gasteiger partial charge in [-0.1, -0.05) is 44.2 Å². The van der Waals surface area contributed by atoms with Gasteiger partial charge in [-0.25, -0.2) is 0 Å². The van der Waals surface area contributed by atoms with Crippen LogP contribution in [-0.2, 0) is 4.79 Å². The molecule has 0 radical (unpaired) electrons. The molecule has 3 rings (SSSR count). The molecule has 0 aromatic heterocycles. The van der Waals surface area contributed by atoms with E-state index in [2.05, 4.69) is 26.5 Å². The number of piperazine rings is 1. The van der Waals surface area contributed by atoms with Crippen molar-refractivity contribution in [3.05, 3.63) is 59.7 Å². The second-order valence-corrected chi connectivity index (χ2v) is 8.07. The van der Waals surface area contributed by atoms with E-state index in [-0.39, 0.29) is 11.8 Å². The second-order valence-electron chi connectivity index (χ2n) is 7.59. The fraction of sp³-hybridized carbons (Fsp3) is 0.391. The monoisotopic (exact) mass is 412 g/mol. The lowest BCUT2D eigenvalue weighted by molar-refractivity contribution is -0.139. The van der Waals surface area contributed by atoms with E-state index in [0.29, 0.717) is 42.6 Å². The lowest BCUT2D eigenvalue weighted by atomic mass is 10.0. The van der Waals surface area contributed by atoms with Crippen LogP contribution in [0.5, 0.6) is 5.75 Å². The van der Waals surface area contributed by atoms with E-state index in [1.807, 2.05) is 42.5 Å². The van der Waals surface area contributed by atoms with Crippen LogP contribution in [0.15, 0.2) is 53.4 Å². The van der Waals surface area contributed by atoms with Crippen LogP contribution in [-0.4, -0.2) is 53.9 Å². The third-order valence-corrected chi connectivity index (χ3v) is 5.60. The lowest BCUT2D eigenvalue weighted by Gasteiger charge is -2.36. The van der Waals surface area contributed by atoms with Gasteiger partial charge < -0.3 is 14.5 Å². The predicted octanol–water partition coefficient (Wildman–Crippen LogP) is 3.85. The zero-order valence-electron chi connectivity index (χ0n) is 17.2. The quantitative estimate of drug-likeness (QED) is 0.759. The fourth-order valence-corrected chi connectivity index (χ4v) is 3.77. The van der Waals surface area contributed by atoms with Crippen LogP contribution in [0.1, 0.15) is 42.6 Å². The van der Waals surface area contributed by atoms with Crippen molar-refractivity contribution in [2.45, 2.75) is 37.7 Å². The molecule has 5 nitrogen and oxygen atoms in total. The summed E-state index contributed by atoms with van der Waals surface area (Å²) in [5.41, 5.74) is 1.69. The topological polar surface area (TPSA) is 49.9 Å². The molecule has 1 unspecified atom stereocenters. The van der Waals surface area contributed by atoms with Crippen molar-refractivity contribution in [2.24, 2.45) is 0 Å². The molecule has 0 aliphatic carbocycles. The van der Waals surface area contributed by atoms with Crippen LogP contribution in [0.4, 0.5) is 0 Å². The maximum Gasteiger partial charge on any atom is 0.263 e. The third kappa shape index (κ3) is 4.93. The Labute approximate surface area is 178 Å². The standard InChI is InChI=1S/C23H28N2O3S/c1-16(2)18-8-4-6-10-20(18)28-17(3)22(26)24-12-14-25(15-13-24)23(27)19-9-5-7-11-21(19)29/h4-11,16-17,29H,12-15H2,1-3H3. The molecule has 1 fully saturated rings. The number of thiol groups is 1. The van der Waals surface area contributed by atoms with Crippen LogP contribution in [0.25, 0.3) is 0 Å². The van der Waals surface area contributed by atoms with Gasteiger partial charge in [0.15, 0.2) is 6.10 Å². The first-order valence-electron chi connectivity index (χ1n) is 10.00. The molecule has 2 aromatic carbocycles. The van der Waals surface area contributed by atoms with Gasteiger partial charge in [-0.2, -0.15) is 0 Å². The van der Waals surface area contributed by atoms with Crippen LogP contribution < -0.4 is 4.74 Å². The number of hydrogen-bond donors (Lipinski definition) is 1. The summed E-state index contributed by atoms with van der Waals surface area (Å²) < 4.78 is 6.00. The smallest absolute Gasteiger partial charge is 0.263 e. The molecule has 29 heavy (non-hydrogen) atoms. The highest BCUT2D eigenvalue weighted by molar-refractivity contribution is 7.80. The molecule has 1 heterocycles. The minimum absolute atomic E-state index is 0.0436. The van der Waals surface area contributed by atoms with Gasteiger partial charge in [-0.15, -0.1) is 12.6 Å². The van der Waals surface area contributed by atoms with E-state index >= 15 is 0 Å². The number of nitrogens with zero attached hydrogens (tertiary/aromatic N) is 2. The van der Waals surface area contributed by atoms with Gasteiger partial charge in [-0.3, -0.25) is 9.59 Å². The van der Waals surface area contributed by atoms with Crippen LogP contribution in [0.2, 0.25) is 0 Å². The van der Waals surface area contributed by atoms with Gasteiger partial charge in [0.25, 0.3) is 11.8 Å². The molecule has 2 amide bonds. The second kappa shape index (κ2) is 9.35. The molecule has 2 aromatic rings. The Kier molecular flexibility index (Phi) is 6.85. The van der Waals surface area contributed by atoms with Crippen molar-refractivity contribution in [3.8, 4) is 5.75 Å². The van der Waals surface area contributed by atoms with Crippen LogP contribution in [0, 0.1) is 0 Å². The number of carbonyl (C=O) groups excluding carboxylic acids is 2. The summed E-state index contributed by atoms with van der Waals surface area (Å²) in [7, 11) is 0. The summed E-state index contributed by atoms with van der Waals surface area (Å²) in [4.78, 5) is 29.8. The number of ether oxygens (including phenoxy) is 1. The van der Waals surface area contributed by atoms with Gasteiger partial charge in [-0.05, 0) is 36.6 Å². The first kappa shape index (κ1) is 21.2. The van der Waals surface area contributed by atoms with E-state index in [4.69, 9.17) is 4.74 Å². The molecule has 0 bridgehead atoms. The minimum atomic E-state index is -0.574. The Hall–Kier alpha value is -2.47. The highest BCUT2D eigenvalue weighted by Gasteiger charge is 2.29. The van der Waals surface area contributed by atoms with Crippen molar-refractivity contribution in [3.63, 3.8) is 0 Å². The largest absolute Gasteiger partial charge is 0.481 e. The van der Waals surface area contributed by atoms with Gasteiger partial charge in [0, 0.05) is 31.1 Å². The van der Waals surface area contributed by atoms with E-state index in [1.165, 1.54) is 0 Å². The van der Waals surface area contributed by atoms with E-state index in [1.54, 1.807) is 22.8 Å². The molecule has 0 saturated carbocycles. The average Bonchev–Trinajstić information content (AvgIpc) is 2.73. The summed E-state index contributed by atoms with van der Waals surface area (Å²) in [6.45, 7) is 8.00. The lowest BCUT2D eigenvalue weighted by Crippen LogP contribution is -2.53. The Morgan fingerprint density at radius 2 is 1.48 bits per heavy atom. The van der Waals surface area contributed by atoms with Crippen molar-refractivity contribution < 1.29 is 14.3 Å². The highest BCUT2D eigenvalue weighted by atomic mass is 32.1. The number of carbonyl (C=O) groups is 2. The van der Waals surface area contributed by atoms with Gasteiger partial charge >= 0.3 is 0 Å². The minimum Gasteiger partial charge on any atom is -0.481 e. The Morgan fingerprint density at radius 1 is 0.897 bits per heavy atom. The molecule has 1 atom stereocenters. The summed E-state index contributed by atoms with van der Waals surface area (Å²) in [5, 5.41) is 0. The maximum absolute atomic E-state index is 12.9. The van der Waals surface area contributed by atoms with E-state index in [9.17, 15) is 9.59 Å². The molecule has 154 valence electrons. The highest BCUT2D eigenvalue weighted by Crippen LogP contribution is 2.27. The van der Waals surface area contributed by atoms with Crippen LogP contribution in [0.3, 0.4) is 0 Å². The first-order chi connectivity index (χ1) is 13.9. The molecule has 0 N–H and O–H groups in total. The Balaban J connectivity index is 1.59. The maximum atomic E-state index is 12.9. The zero-order chi connectivity index (χ0) is 21.0. The Morgan fingerprint density at radius 3 is 2.14 bits per heavy atom. The van der Waals surface area contributed by atoms with Gasteiger partial charge in [0.2, 0.25) is 0 Å². The predicted molar refractivity (Wildman–Crippen MR) is 117 cm³/mol. The zero-order valence-corrected chi connectivity index (χ0v) is 18.1. The fourth-order valence-electron chi connectivity index (χ4n) is 3.52. The van der Waals surface area contributed by atoms with Gasteiger partial charge in [0.05, 0.1) is 5.56 Å². The number of amides is 2. The number of rotatable bonds is 5.